The molecule has 176 valence electrons. The number of nitrogens with one attached hydrogen (secondary N) is 2. The van der Waals surface area contributed by atoms with Crippen LogP contribution < -0.4 is 10.6 Å². The van der Waals surface area contributed by atoms with Gasteiger partial charge in [-0.15, -0.1) is 0 Å². The molecule has 2 amide bonds. The lowest BCUT2D eigenvalue weighted by molar-refractivity contribution is -0.137. The number of hydrogen-bond acceptors (Lipinski definition) is 4. The highest BCUT2D eigenvalue weighted by atomic mass is 19.4. The Morgan fingerprint density at radius 3 is 2.57 bits per heavy atom. The van der Waals surface area contributed by atoms with Gasteiger partial charge in [0.05, 0.1) is 17.4 Å². The van der Waals surface area contributed by atoms with Gasteiger partial charge in [0.2, 0.25) is 5.91 Å². The highest BCUT2D eigenvalue weighted by Crippen LogP contribution is 2.30. The van der Waals surface area contributed by atoms with Gasteiger partial charge >= 0.3 is 6.18 Å². The maximum Gasteiger partial charge on any atom is 0.416 e. The normalized spacial score (nSPS) is 11.0. The summed E-state index contributed by atoms with van der Waals surface area (Å²) in [5, 5.41) is 5.10. The monoisotopic (exact) mass is 477 g/mol. The molecule has 2 N–H and O–H groups in total. The first-order chi connectivity index (χ1) is 16.6. The molecule has 0 aliphatic carbocycles. The molecule has 0 aliphatic rings. The van der Waals surface area contributed by atoms with Crippen molar-refractivity contribution in [2.24, 2.45) is 0 Å². The number of nitrogens with zero attached hydrogens (tertiary/aromatic N) is 3. The Labute approximate surface area is 198 Å². The zero-order valence-corrected chi connectivity index (χ0v) is 18.6. The van der Waals surface area contributed by atoms with Crippen molar-refractivity contribution >= 4 is 29.0 Å². The van der Waals surface area contributed by atoms with Crippen molar-refractivity contribution in [3.63, 3.8) is 0 Å². The SMILES string of the molecule is CC(=O)Nc1cccn2c(C#Cc3cc(C(=O)Nc4cc(C(F)(F)F)ccn4)ccc3C)cnc12. The van der Waals surface area contributed by atoms with Crippen molar-refractivity contribution in [2.45, 2.75) is 20.0 Å². The molecule has 0 fully saturated rings. The number of hydrogen-bond donors (Lipinski definition) is 2. The second kappa shape index (κ2) is 9.30. The van der Waals surface area contributed by atoms with Gasteiger partial charge in [-0.05, 0) is 54.8 Å². The van der Waals surface area contributed by atoms with E-state index >= 15 is 0 Å². The van der Waals surface area contributed by atoms with Gasteiger partial charge in [0.15, 0.2) is 5.65 Å². The largest absolute Gasteiger partial charge is 0.416 e. The quantitative estimate of drug-likeness (QED) is 0.420. The summed E-state index contributed by atoms with van der Waals surface area (Å²) in [4.78, 5) is 32.2. The summed E-state index contributed by atoms with van der Waals surface area (Å²) in [6, 6.07) is 9.88. The van der Waals surface area contributed by atoms with Crippen LogP contribution in [0.15, 0.2) is 61.1 Å². The van der Waals surface area contributed by atoms with E-state index < -0.39 is 17.6 Å². The molecule has 0 atom stereocenters. The molecule has 0 spiro atoms. The first kappa shape index (κ1) is 23.5. The average Bonchev–Trinajstić information content (AvgIpc) is 3.22. The summed E-state index contributed by atoms with van der Waals surface area (Å²) in [6.07, 6.45) is -0.233. The average molecular weight is 477 g/mol. The van der Waals surface area contributed by atoms with E-state index in [0.29, 0.717) is 22.6 Å². The lowest BCUT2D eigenvalue weighted by atomic mass is 10.0. The van der Waals surface area contributed by atoms with E-state index in [2.05, 4.69) is 32.4 Å². The predicted molar refractivity (Wildman–Crippen MR) is 124 cm³/mol. The fourth-order valence-corrected chi connectivity index (χ4v) is 3.28. The van der Waals surface area contributed by atoms with Crippen LogP contribution >= 0.6 is 0 Å². The first-order valence-electron chi connectivity index (χ1n) is 10.3. The van der Waals surface area contributed by atoms with Crippen LogP contribution in [0.2, 0.25) is 0 Å². The van der Waals surface area contributed by atoms with Crippen LogP contribution in [0.5, 0.6) is 0 Å². The maximum absolute atomic E-state index is 12.9. The van der Waals surface area contributed by atoms with Gasteiger partial charge in [-0.3, -0.25) is 14.0 Å². The lowest BCUT2D eigenvalue weighted by Crippen LogP contribution is -2.14. The van der Waals surface area contributed by atoms with E-state index in [4.69, 9.17) is 0 Å². The van der Waals surface area contributed by atoms with Gasteiger partial charge < -0.3 is 10.6 Å². The van der Waals surface area contributed by atoms with E-state index in [-0.39, 0.29) is 17.3 Å². The second-order valence-corrected chi connectivity index (χ2v) is 7.60. The number of aromatic nitrogens is 3. The van der Waals surface area contributed by atoms with Gasteiger partial charge in [-0.1, -0.05) is 12.0 Å². The van der Waals surface area contributed by atoms with Crippen molar-refractivity contribution in [1.82, 2.24) is 14.4 Å². The summed E-state index contributed by atoms with van der Waals surface area (Å²) in [6.45, 7) is 3.23. The number of anilines is 2. The molecular formula is C25H18F3N5O2. The molecule has 7 nitrogen and oxygen atoms in total. The standard InChI is InChI=1S/C25H18F3N5O2/c1-15-5-6-18(24(35)32-22-13-19(9-10-29-22)25(26,27)28)12-17(15)7-8-20-14-30-23-21(31-16(2)34)4-3-11-33(20)23/h3-6,9-14H,1-2H3,(H,31,34)(H,29,32,35). The van der Waals surface area contributed by atoms with Gasteiger partial charge in [0.25, 0.3) is 5.91 Å². The summed E-state index contributed by atoms with van der Waals surface area (Å²) >= 11 is 0. The molecule has 3 heterocycles. The molecular weight excluding hydrogens is 459 g/mol. The third-order valence-electron chi connectivity index (χ3n) is 5.00. The van der Waals surface area contributed by atoms with Crippen molar-refractivity contribution in [2.75, 3.05) is 10.6 Å². The van der Waals surface area contributed by atoms with Crippen molar-refractivity contribution in [1.29, 1.82) is 0 Å². The number of aryl methyl sites for hydroxylation is 1. The number of carbonyl (C=O) groups is 2. The third-order valence-corrected chi connectivity index (χ3v) is 5.00. The minimum absolute atomic E-state index is 0.210. The number of imidazole rings is 1. The molecule has 35 heavy (non-hydrogen) atoms. The van der Waals surface area contributed by atoms with E-state index in [1.807, 2.05) is 6.92 Å². The summed E-state index contributed by atoms with van der Waals surface area (Å²) in [5.41, 5.74) is 2.31. The van der Waals surface area contributed by atoms with Crippen LogP contribution in [0.3, 0.4) is 0 Å². The number of fused-ring (bicyclic) bond motifs is 1. The molecule has 4 rings (SSSR count). The third kappa shape index (κ3) is 5.30. The second-order valence-electron chi connectivity index (χ2n) is 7.60. The fourth-order valence-electron chi connectivity index (χ4n) is 3.28. The zero-order chi connectivity index (χ0) is 25.2. The van der Waals surface area contributed by atoms with E-state index in [0.717, 1.165) is 23.9 Å². The number of halogens is 3. The molecule has 0 unspecified atom stereocenters. The molecule has 3 aromatic heterocycles. The molecule has 0 bridgehead atoms. The highest BCUT2D eigenvalue weighted by molar-refractivity contribution is 6.04. The van der Waals surface area contributed by atoms with Crippen molar-refractivity contribution in [3.05, 3.63) is 89.0 Å². The molecule has 1 aromatic carbocycles. The number of pyridine rings is 2. The predicted octanol–water partition coefficient (Wildman–Crippen LogP) is 4.67. The van der Waals surface area contributed by atoms with Crippen LogP contribution in [0.4, 0.5) is 24.7 Å². The summed E-state index contributed by atoms with van der Waals surface area (Å²) in [7, 11) is 0. The smallest absolute Gasteiger partial charge is 0.323 e. The molecule has 10 heteroatoms. The Hall–Kier alpha value is -4.65. The topological polar surface area (TPSA) is 88.4 Å². The van der Waals surface area contributed by atoms with Crippen LogP contribution in [-0.2, 0) is 11.0 Å². The summed E-state index contributed by atoms with van der Waals surface area (Å²) < 4.78 is 40.5. The Morgan fingerprint density at radius 2 is 1.83 bits per heavy atom. The maximum atomic E-state index is 12.9. The molecule has 4 aromatic rings. The zero-order valence-electron chi connectivity index (χ0n) is 18.6. The number of alkyl halides is 3. The van der Waals surface area contributed by atoms with Crippen molar-refractivity contribution < 1.29 is 22.8 Å². The minimum Gasteiger partial charge on any atom is -0.323 e. The molecule has 0 radical (unpaired) electrons. The van der Waals surface area contributed by atoms with Gasteiger partial charge in [0, 0.05) is 30.4 Å². The molecule has 0 saturated carbocycles. The molecule has 0 saturated heterocycles. The van der Waals surface area contributed by atoms with Gasteiger partial charge in [-0.2, -0.15) is 13.2 Å². The number of carbonyl (C=O) groups excluding carboxylic acids is 2. The van der Waals surface area contributed by atoms with Crippen LogP contribution in [0, 0.1) is 18.8 Å². The Bertz CT molecular complexity index is 1510. The Kier molecular flexibility index (Phi) is 6.25. The minimum atomic E-state index is -4.55. The van der Waals surface area contributed by atoms with Crippen LogP contribution in [0.25, 0.3) is 5.65 Å². The fraction of sp³-hybridized carbons (Fsp3) is 0.120. The summed E-state index contributed by atoms with van der Waals surface area (Å²) in [5.74, 6) is 4.98. The Morgan fingerprint density at radius 1 is 1.03 bits per heavy atom. The Balaban J connectivity index is 1.60. The van der Waals surface area contributed by atoms with E-state index in [9.17, 15) is 22.8 Å². The van der Waals surface area contributed by atoms with E-state index in [1.54, 1.807) is 47.1 Å². The van der Waals surface area contributed by atoms with Crippen molar-refractivity contribution in [3.8, 4) is 11.8 Å². The van der Waals surface area contributed by atoms with E-state index in [1.165, 1.54) is 6.92 Å². The number of rotatable bonds is 3. The number of benzene rings is 1. The highest BCUT2D eigenvalue weighted by Gasteiger charge is 2.30. The first-order valence-corrected chi connectivity index (χ1v) is 10.3. The van der Waals surface area contributed by atoms with Crippen LogP contribution in [-0.4, -0.2) is 26.2 Å². The van der Waals surface area contributed by atoms with Gasteiger partial charge in [0.1, 0.15) is 11.5 Å². The number of amides is 2. The van der Waals surface area contributed by atoms with Gasteiger partial charge in [-0.25, -0.2) is 9.97 Å². The lowest BCUT2D eigenvalue weighted by Gasteiger charge is -2.09. The van der Waals surface area contributed by atoms with Crippen LogP contribution in [0.1, 0.15) is 39.7 Å². The molecule has 0 aliphatic heterocycles.